The van der Waals surface area contributed by atoms with Gasteiger partial charge in [-0.3, -0.25) is 4.79 Å². The van der Waals surface area contributed by atoms with Crippen molar-refractivity contribution in [2.24, 2.45) is 0 Å². The minimum Gasteiger partial charge on any atom is -0.506 e. The van der Waals surface area contributed by atoms with Crippen LogP contribution in [0.4, 0.5) is 5.69 Å². The van der Waals surface area contributed by atoms with Crippen LogP contribution in [0.5, 0.6) is 11.5 Å². The van der Waals surface area contributed by atoms with Crippen LogP contribution in [0.15, 0.2) is 18.2 Å². The van der Waals surface area contributed by atoms with Crippen LogP contribution in [0.3, 0.4) is 0 Å². The second kappa shape index (κ2) is 7.85. The first kappa shape index (κ1) is 15.6. The summed E-state index contributed by atoms with van der Waals surface area (Å²) in [7, 11) is 1.53. The van der Waals surface area contributed by atoms with E-state index in [2.05, 4.69) is 10.6 Å². The van der Waals surface area contributed by atoms with Gasteiger partial charge in [-0.05, 0) is 38.1 Å². The monoisotopic (exact) mass is 294 g/mol. The van der Waals surface area contributed by atoms with Crippen molar-refractivity contribution in [3.05, 3.63) is 18.2 Å². The molecule has 0 spiro atoms. The maximum absolute atomic E-state index is 11.9. The molecule has 0 atom stereocenters. The molecule has 1 aliphatic heterocycles. The van der Waals surface area contributed by atoms with Crippen molar-refractivity contribution in [1.29, 1.82) is 0 Å². The molecule has 3 N–H and O–H groups in total. The van der Waals surface area contributed by atoms with Crippen LogP contribution in [-0.4, -0.2) is 43.9 Å². The summed E-state index contributed by atoms with van der Waals surface area (Å²) < 4.78 is 10.7. The lowest BCUT2D eigenvalue weighted by Crippen LogP contribution is -2.33. The number of carbonyl (C=O) groups excluding carboxylic acids is 1. The molecule has 1 heterocycles. The number of hydrogen-bond donors (Lipinski definition) is 3. The fourth-order valence-corrected chi connectivity index (χ4v) is 2.24. The quantitative estimate of drug-likeness (QED) is 0.693. The normalized spacial score (nSPS) is 15.7. The highest BCUT2D eigenvalue weighted by Gasteiger charge is 2.14. The number of hydrogen-bond acceptors (Lipinski definition) is 5. The fraction of sp³-hybridized carbons (Fsp3) is 0.533. The van der Waals surface area contributed by atoms with Gasteiger partial charge in [0.05, 0.1) is 31.9 Å². The molecule has 0 aliphatic carbocycles. The van der Waals surface area contributed by atoms with E-state index in [1.807, 2.05) is 0 Å². The summed E-state index contributed by atoms with van der Waals surface area (Å²) in [5, 5.41) is 15.6. The molecule has 0 radical (unpaired) electrons. The molecule has 6 heteroatoms. The summed E-state index contributed by atoms with van der Waals surface area (Å²) in [6, 6.07) is 4.70. The van der Waals surface area contributed by atoms with E-state index in [1.165, 1.54) is 13.2 Å². The van der Waals surface area contributed by atoms with Crippen molar-refractivity contribution in [3.8, 4) is 11.5 Å². The van der Waals surface area contributed by atoms with Crippen molar-refractivity contribution in [2.45, 2.75) is 25.4 Å². The number of phenolic OH excluding ortho intramolecular Hbond substituents is 1. The minimum atomic E-state index is -0.188. The molecule has 1 aromatic rings. The summed E-state index contributed by atoms with van der Waals surface area (Å²) >= 11 is 0. The average molecular weight is 294 g/mol. The van der Waals surface area contributed by atoms with Crippen LogP contribution in [0, 0.1) is 0 Å². The SMILES string of the molecule is COc1ccc(O)c(NC(=O)CCOC2CCNCC2)c1. The molecule has 1 aliphatic rings. The number of benzene rings is 1. The molecule has 1 amide bonds. The Morgan fingerprint density at radius 3 is 2.90 bits per heavy atom. The van der Waals surface area contributed by atoms with E-state index in [0.29, 0.717) is 18.0 Å². The number of anilines is 1. The molecule has 0 aromatic heterocycles. The zero-order valence-corrected chi connectivity index (χ0v) is 12.2. The number of carbonyl (C=O) groups is 1. The van der Waals surface area contributed by atoms with E-state index in [1.54, 1.807) is 12.1 Å². The number of aromatic hydroxyl groups is 1. The van der Waals surface area contributed by atoms with Crippen LogP contribution >= 0.6 is 0 Å². The summed E-state index contributed by atoms with van der Waals surface area (Å²) in [6.45, 7) is 2.32. The number of piperidine rings is 1. The first-order valence-electron chi connectivity index (χ1n) is 7.18. The lowest BCUT2D eigenvalue weighted by Gasteiger charge is -2.22. The third-order valence-corrected chi connectivity index (χ3v) is 3.45. The van der Waals surface area contributed by atoms with Gasteiger partial charge in [0.1, 0.15) is 11.5 Å². The van der Waals surface area contributed by atoms with Crippen LogP contribution in [0.1, 0.15) is 19.3 Å². The van der Waals surface area contributed by atoms with Crippen LogP contribution in [-0.2, 0) is 9.53 Å². The lowest BCUT2D eigenvalue weighted by molar-refractivity contribution is -0.117. The van der Waals surface area contributed by atoms with Gasteiger partial charge < -0.3 is 25.2 Å². The Labute approximate surface area is 124 Å². The number of ether oxygens (including phenoxy) is 2. The lowest BCUT2D eigenvalue weighted by atomic mass is 10.1. The van der Waals surface area contributed by atoms with Gasteiger partial charge in [-0.15, -0.1) is 0 Å². The Morgan fingerprint density at radius 2 is 2.19 bits per heavy atom. The van der Waals surface area contributed by atoms with Crippen molar-refractivity contribution in [3.63, 3.8) is 0 Å². The number of nitrogens with one attached hydrogen (secondary N) is 2. The van der Waals surface area contributed by atoms with E-state index in [9.17, 15) is 9.90 Å². The smallest absolute Gasteiger partial charge is 0.226 e. The van der Waals surface area contributed by atoms with E-state index in [-0.39, 0.29) is 24.2 Å². The maximum atomic E-state index is 11.9. The predicted molar refractivity (Wildman–Crippen MR) is 79.7 cm³/mol. The Bertz CT molecular complexity index is 473. The van der Waals surface area contributed by atoms with Crippen LogP contribution in [0.25, 0.3) is 0 Å². The molecule has 0 bridgehead atoms. The maximum Gasteiger partial charge on any atom is 0.226 e. The van der Waals surface area contributed by atoms with Gasteiger partial charge >= 0.3 is 0 Å². The highest BCUT2D eigenvalue weighted by Crippen LogP contribution is 2.27. The number of methoxy groups -OCH3 is 1. The van der Waals surface area contributed by atoms with Gasteiger partial charge in [0, 0.05) is 6.07 Å². The molecule has 1 saturated heterocycles. The molecule has 2 rings (SSSR count). The van der Waals surface area contributed by atoms with E-state index >= 15 is 0 Å². The summed E-state index contributed by atoms with van der Waals surface area (Å²) in [6.07, 6.45) is 2.47. The summed E-state index contributed by atoms with van der Waals surface area (Å²) in [5.74, 6) is 0.407. The number of amides is 1. The Hall–Kier alpha value is -1.79. The fourth-order valence-electron chi connectivity index (χ4n) is 2.24. The zero-order chi connectivity index (χ0) is 15.1. The molecular weight excluding hydrogens is 272 g/mol. The minimum absolute atomic E-state index is 0.0171. The molecule has 116 valence electrons. The third-order valence-electron chi connectivity index (χ3n) is 3.45. The van der Waals surface area contributed by atoms with Gasteiger partial charge in [-0.2, -0.15) is 0 Å². The molecule has 21 heavy (non-hydrogen) atoms. The highest BCUT2D eigenvalue weighted by molar-refractivity contribution is 5.92. The van der Waals surface area contributed by atoms with Gasteiger partial charge in [0.25, 0.3) is 0 Å². The molecule has 0 unspecified atom stereocenters. The van der Waals surface area contributed by atoms with Gasteiger partial charge in [-0.1, -0.05) is 0 Å². The zero-order valence-electron chi connectivity index (χ0n) is 12.2. The summed E-state index contributed by atoms with van der Waals surface area (Å²) in [5.41, 5.74) is 0.348. The van der Waals surface area contributed by atoms with E-state index in [0.717, 1.165) is 25.9 Å². The van der Waals surface area contributed by atoms with Crippen molar-refractivity contribution in [1.82, 2.24) is 5.32 Å². The average Bonchev–Trinajstić information content (AvgIpc) is 2.50. The number of phenols is 1. The van der Waals surface area contributed by atoms with E-state index in [4.69, 9.17) is 9.47 Å². The predicted octanol–water partition coefficient (Wildman–Crippen LogP) is 1.50. The molecule has 6 nitrogen and oxygen atoms in total. The van der Waals surface area contributed by atoms with Crippen molar-refractivity contribution >= 4 is 11.6 Å². The van der Waals surface area contributed by atoms with Crippen LogP contribution in [0.2, 0.25) is 0 Å². The molecule has 1 aromatic carbocycles. The first-order valence-corrected chi connectivity index (χ1v) is 7.18. The van der Waals surface area contributed by atoms with E-state index < -0.39 is 0 Å². The first-order chi connectivity index (χ1) is 10.2. The standard InChI is InChI=1S/C15H22N2O4/c1-20-12-2-3-14(18)13(10-12)17-15(19)6-9-21-11-4-7-16-8-5-11/h2-3,10-11,16,18H,4-9H2,1H3,(H,17,19). The summed E-state index contributed by atoms with van der Waals surface area (Å²) in [4.78, 5) is 11.9. The number of rotatable bonds is 6. The third kappa shape index (κ3) is 4.91. The highest BCUT2D eigenvalue weighted by atomic mass is 16.5. The van der Waals surface area contributed by atoms with Gasteiger partial charge in [0.15, 0.2) is 0 Å². The molecular formula is C15H22N2O4. The Balaban J connectivity index is 1.76. The van der Waals surface area contributed by atoms with Crippen molar-refractivity contribution < 1.29 is 19.4 Å². The van der Waals surface area contributed by atoms with Gasteiger partial charge in [0.2, 0.25) is 5.91 Å². The molecule has 1 fully saturated rings. The Kier molecular flexibility index (Phi) is 5.83. The van der Waals surface area contributed by atoms with Crippen LogP contribution < -0.4 is 15.4 Å². The topological polar surface area (TPSA) is 79.8 Å². The van der Waals surface area contributed by atoms with Gasteiger partial charge in [-0.25, -0.2) is 0 Å². The van der Waals surface area contributed by atoms with Crippen molar-refractivity contribution in [2.75, 3.05) is 32.1 Å². The second-order valence-electron chi connectivity index (χ2n) is 5.00. The Morgan fingerprint density at radius 1 is 1.43 bits per heavy atom. The largest absolute Gasteiger partial charge is 0.506 e. The second-order valence-corrected chi connectivity index (χ2v) is 5.00. The molecule has 0 saturated carbocycles.